The van der Waals surface area contributed by atoms with Crippen LogP contribution in [0.3, 0.4) is 0 Å². The second kappa shape index (κ2) is 9.58. The van der Waals surface area contributed by atoms with Crippen molar-refractivity contribution in [3.05, 3.63) is 35.9 Å². The van der Waals surface area contributed by atoms with Gasteiger partial charge in [-0.1, -0.05) is 62.9 Å². The number of benzene rings is 1. The second-order valence-corrected chi connectivity index (χ2v) is 8.09. The minimum Gasteiger partial charge on any atom is -0.310 e. The third-order valence-corrected chi connectivity index (χ3v) is 6.01. The van der Waals surface area contributed by atoms with Gasteiger partial charge in [0, 0.05) is 25.2 Å². The van der Waals surface area contributed by atoms with E-state index in [1.807, 2.05) is 0 Å². The second-order valence-electron chi connectivity index (χ2n) is 8.09. The summed E-state index contributed by atoms with van der Waals surface area (Å²) in [5.74, 6) is 1.00. The molecule has 0 amide bonds. The molecule has 1 saturated carbocycles. The molecular weight excluding hydrogens is 292 g/mol. The lowest BCUT2D eigenvalue weighted by molar-refractivity contribution is 0.173. The van der Waals surface area contributed by atoms with Crippen LogP contribution in [0.15, 0.2) is 30.3 Å². The third kappa shape index (κ3) is 5.60. The van der Waals surface area contributed by atoms with Gasteiger partial charge < -0.3 is 5.32 Å². The first-order valence-corrected chi connectivity index (χ1v) is 10.4. The molecule has 24 heavy (non-hydrogen) atoms. The van der Waals surface area contributed by atoms with Gasteiger partial charge in [-0.15, -0.1) is 0 Å². The zero-order chi connectivity index (χ0) is 16.6. The van der Waals surface area contributed by atoms with Crippen molar-refractivity contribution in [3.63, 3.8) is 0 Å². The summed E-state index contributed by atoms with van der Waals surface area (Å²) in [5, 5.41) is 4.03. The Kier molecular flexibility index (Phi) is 7.16. The van der Waals surface area contributed by atoms with Crippen LogP contribution in [0.5, 0.6) is 0 Å². The Morgan fingerprint density at radius 2 is 1.79 bits per heavy atom. The highest BCUT2D eigenvalue weighted by atomic mass is 15.2. The Bertz CT molecular complexity index is 458. The maximum atomic E-state index is 4.03. The van der Waals surface area contributed by atoms with Crippen molar-refractivity contribution in [2.45, 2.75) is 83.3 Å². The highest BCUT2D eigenvalue weighted by Gasteiger charge is 2.24. The van der Waals surface area contributed by atoms with Gasteiger partial charge in [-0.25, -0.2) is 0 Å². The molecule has 3 unspecified atom stereocenters. The number of nitrogens with zero attached hydrogens (tertiary/aromatic N) is 1. The van der Waals surface area contributed by atoms with Crippen molar-refractivity contribution < 1.29 is 0 Å². The van der Waals surface area contributed by atoms with E-state index in [2.05, 4.69) is 47.5 Å². The quantitative estimate of drug-likeness (QED) is 0.740. The molecule has 3 atom stereocenters. The van der Waals surface area contributed by atoms with Gasteiger partial charge in [0.1, 0.15) is 0 Å². The average Bonchev–Trinajstić information content (AvgIpc) is 2.82. The molecule has 1 heterocycles. The van der Waals surface area contributed by atoms with E-state index < -0.39 is 0 Å². The molecule has 0 radical (unpaired) electrons. The van der Waals surface area contributed by atoms with Gasteiger partial charge >= 0.3 is 0 Å². The summed E-state index contributed by atoms with van der Waals surface area (Å²) in [7, 11) is 0. The van der Waals surface area contributed by atoms with E-state index in [0.717, 1.165) is 18.5 Å². The number of rotatable bonds is 6. The molecule has 1 saturated heterocycles. The maximum absolute atomic E-state index is 4.03. The number of hydrogen-bond donors (Lipinski definition) is 1. The molecule has 2 heteroatoms. The van der Waals surface area contributed by atoms with Gasteiger partial charge in [0.15, 0.2) is 0 Å². The van der Waals surface area contributed by atoms with E-state index in [1.54, 1.807) is 0 Å². The zero-order valence-electron chi connectivity index (χ0n) is 15.6. The predicted molar refractivity (Wildman–Crippen MR) is 103 cm³/mol. The molecule has 2 fully saturated rings. The van der Waals surface area contributed by atoms with Gasteiger partial charge in [-0.05, 0) is 50.1 Å². The fraction of sp³-hybridized carbons (Fsp3) is 0.727. The lowest BCUT2D eigenvalue weighted by atomic mass is 9.95. The molecule has 1 aliphatic heterocycles. The van der Waals surface area contributed by atoms with Crippen LogP contribution in [0.2, 0.25) is 0 Å². The van der Waals surface area contributed by atoms with Crippen LogP contribution in [-0.4, -0.2) is 30.1 Å². The molecular formula is C22H36N2. The van der Waals surface area contributed by atoms with Crippen LogP contribution < -0.4 is 5.32 Å². The summed E-state index contributed by atoms with van der Waals surface area (Å²) < 4.78 is 0. The first kappa shape index (κ1) is 17.9. The fourth-order valence-electron chi connectivity index (χ4n) is 4.75. The van der Waals surface area contributed by atoms with Gasteiger partial charge in [0.2, 0.25) is 0 Å². The van der Waals surface area contributed by atoms with E-state index in [4.69, 9.17) is 0 Å². The van der Waals surface area contributed by atoms with Crippen molar-refractivity contribution in [3.8, 4) is 0 Å². The molecule has 2 nitrogen and oxygen atoms in total. The van der Waals surface area contributed by atoms with Crippen molar-refractivity contribution in [1.29, 1.82) is 0 Å². The highest BCUT2D eigenvalue weighted by molar-refractivity contribution is 5.14. The molecule has 0 spiro atoms. The van der Waals surface area contributed by atoms with E-state index in [9.17, 15) is 0 Å². The van der Waals surface area contributed by atoms with Crippen LogP contribution in [0.4, 0.5) is 0 Å². The van der Waals surface area contributed by atoms with Gasteiger partial charge in [0.05, 0.1) is 0 Å². The first-order chi connectivity index (χ1) is 11.8. The first-order valence-electron chi connectivity index (χ1n) is 10.4. The Morgan fingerprint density at radius 3 is 2.62 bits per heavy atom. The molecule has 2 aliphatic rings. The fourth-order valence-corrected chi connectivity index (χ4v) is 4.75. The monoisotopic (exact) mass is 328 g/mol. The van der Waals surface area contributed by atoms with Crippen molar-refractivity contribution in [2.24, 2.45) is 5.92 Å². The molecule has 1 aromatic rings. The number of piperidine rings is 1. The minimum atomic E-state index is 0.704. The third-order valence-electron chi connectivity index (χ3n) is 6.01. The van der Waals surface area contributed by atoms with E-state index in [0.29, 0.717) is 6.04 Å². The molecule has 3 rings (SSSR count). The van der Waals surface area contributed by atoms with Crippen LogP contribution >= 0.6 is 0 Å². The predicted octanol–water partition coefficient (Wildman–Crippen LogP) is 4.99. The zero-order valence-corrected chi connectivity index (χ0v) is 15.6. The SMILES string of the molecule is CCCC1CCCC(NC2CCCN(Cc3ccccc3)C2)CC1. The molecule has 1 aromatic carbocycles. The summed E-state index contributed by atoms with van der Waals surface area (Å²) in [5.41, 5.74) is 1.45. The standard InChI is InChI=1S/C22H36N2/c1-2-8-19-11-6-12-21(15-14-19)23-22-13-7-16-24(18-22)17-20-9-4-3-5-10-20/h3-5,9-10,19,21-23H,2,6-8,11-18H2,1H3. The van der Waals surface area contributed by atoms with Gasteiger partial charge in [-0.2, -0.15) is 0 Å². The van der Waals surface area contributed by atoms with Crippen LogP contribution in [0, 0.1) is 5.92 Å². The average molecular weight is 329 g/mol. The molecule has 1 N–H and O–H groups in total. The van der Waals surface area contributed by atoms with Crippen LogP contribution in [0.25, 0.3) is 0 Å². The topological polar surface area (TPSA) is 15.3 Å². The molecule has 134 valence electrons. The smallest absolute Gasteiger partial charge is 0.0234 e. The van der Waals surface area contributed by atoms with E-state index in [1.165, 1.54) is 76.4 Å². The normalized spacial score (nSPS) is 29.3. The summed E-state index contributed by atoms with van der Waals surface area (Å²) in [4.78, 5) is 2.65. The molecule has 1 aliphatic carbocycles. The summed E-state index contributed by atoms with van der Waals surface area (Å²) in [6.07, 6.45) is 12.7. The Labute approximate surface area is 149 Å². The van der Waals surface area contributed by atoms with Gasteiger partial charge in [-0.3, -0.25) is 4.90 Å². The highest BCUT2D eigenvalue weighted by Crippen LogP contribution is 2.27. The summed E-state index contributed by atoms with van der Waals surface area (Å²) in [6, 6.07) is 12.4. The van der Waals surface area contributed by atoms with Crippen LogP contribution in [-0.2, 0) is 6.54 Å². The van der Waals surface area contributed by atoms with Crippen molar-refractivity contribution in [2.75, 3.05) is 13.1 Å². The maximum Gasteiger partial charge on any atom is 0.0234 e. The van der Waals surface area contributed by atoms with Crippen molar-refractivity contribution in [1.82, 2.24) is 10.2 Å². The molecule has 0 bridgehead atoms. The van der Waals surface area contributed by atoms with Crippen LogP contribution in [0.1, 0.15) is 70.3 Å². The molecule has 0 aromatic heterocycles. The number of likely N-dealkylation sites (tertiary alicyclic amines) is 1. The van der Waals surface area contributed by atoms with E-state index in [-0.39, 0.29) is 0 Å². The Hall–Kier alpha value is -0.860. The van der Waals surface area contributed by atoms with E-state index >= 15 is 0 Å². The lowest BCUT2D eigenvalue weighted by Crippen LogP contribution is -2.48. The largest absolute Gasteiger partial charge is 0.310 e. The minimum absolute atomic E-state index is 0.704. The van der Waals surface area contributed by atoms with Crippen molar-refractivity contribution >= 4 is 0 Å². The summed E-state index contributed by atoms with van der Waals surface area (Å²) >= 11 is 0. The summed E-state index contributed by atoms with van der Waals surface area (Å²) in [6.45, 7) is 5.94. The lowest BCUT2D eigenvalue weighted by Gasteiger charge is -2.35. The Balaban J connectivity index is 1.45. The Morgan fingerprint density at radius 1 is 0.958 bits per heavy atom. The van der Waals surface area contributed by atoms with Gasteiger partial charge in [0.25, 0.3) is 0 Å². The number of hydrogen-bond acceptors (Lipinski definition) is 2. The number of nitrogens with one attached hydrogen (secondary N) is 1.